The smallest absolute Gasteiger partial charge is 0.0969 e. The van der Waals surface area contributed by atoms with E-state index in [4.69, 9.17) is 4.74 Å². The van der Waals surface area contributed by atoms with E-state index >= 15 is 0 Å². The van der Waals surface area contributed by atoms with E-state index in [1.165, 1.54) is 11.1 Å². The van der Waals surface area contributed by atoms with E-state index in [9.17, 15) is 5.11 Å². The number of allylic oxidation sites excluding steroid dienone is 1. The number of likely N-dealkylation sites (tertiary alicyclic amines) is 1. The number of ether oxygens (including phenoxy) is 1. The molecule has 0 spiro atoms. The lowest BCUT2D eigenvalue weighted by Gasteiger charge is -2.18. The molecule has 0 radical (unpaired) electrons. The summed E-state index contributed by atoms with van der Waals surface area (Å²) in [7, 11) is 1.66. The van der Waals surface area contributed by atoms with Crippen molar-refractivity contribution in [1.29, 1.82) is 0 Å². The maximum Gasteiger partial charge on any atom is 0.0969 e. The van der Waals surface area contributed by atoms with Gasteiger partial charge in [0.05, 0.1) is 12.2 Å². The predicted molar refractivity (Wildman–Crippen MR) is 78.0 cm³/mol. The lowest BCUT2D eigenvalue weighted by atomic mass is 10.0. The normalized spacial score (nSPS) is 24.9. The number of β-amino-alcohol motifs (C(OH)–C–C–N with tert-alkyl or cyclic N) is 1. The minimum absolute atomic E-state index is 0.0568. The highest BCUT2D eigenvalue weighted by atomic mass is 16.5. The second kappa shape index (κ2) is 6.85. The van der Waals surface area contributed by atoms with E-state index < -0.39 is 0 Å². The van der Waals surface area contributed by atoms with Crippen LogP contribution in [0.2, 0.25) is 0 Å². The first-order valence-corrected chi connectivity index (χ1v) is 6.92. The molecule has 2 atom stereocenters. The fourth-order valence-electron chi connectivity index (χ4n) is 2.61. The van der Waals surface area contributed by atoms with Crippen LogP contribution in [0.3, 0.4) is 0 Å². The Hall–Kier alpha value is -1.16. The maximum absolute atomic E-state index is 9.89. The van der Waals surface area contributed by atoms with E-state index in [1.807, 2.05) is 6.07 Å². The zero-order valence-corrected chi connectivity index (χ0v) is 11.7. The van der Waals surface area contributed by atoms with Gasteiger partial charge in [-0.25, -0.2) is 0 Å². The van der Waals surface area contributed by atoms with Crippen molar-refractivity contribution in [2.45, 2.75) is 25.6 Å². The maximum atomic E-state index is 9.89. The van der Waals surface area contributed by atoms with Crippen LogP contribution >= 0.6 is 0 Å². The molecule has 2 rings (SSSR count). The van der Waals surface area contributed by atoms with Gasteiger partial charge in [-0.2, -0.15) is 0 Å². The minimum Gasteiger partial charge on any atom is -0.389 e. The van der Waals surface area contributed by atoms with Gasteiger partial charge in [0.2, 0.25) is 0 Å². The molecule has 0 unspecified atom stereocenters. The summed E-state index contributed by atoms with van der Waals surface area (Å²) in [6.45, 7) is 4.51. The Balaban J connectivity index is 2.05. The number of nitrogens with zero attached hydrogens (tertiary/aromatic N) is 1. The zero-order chi connectivity index (χ0) is 13.7. The Bertz CT molecular complexity index is 416. The molecule has 1 saturated heterocycles. The summed E-state index contributed by atoms with van der Waals surface area (Å²) in [6, 6.07) is 10.4. The molecule has 19 heavy (non-hydrogen) atoms. The van der Waals surface area contributed by atoms with Crippen LogP contribution in [0.15, 0.2) is 36.4 Å². The molecule has 1 heterocycles. The standard InChI is InChI=1S/C16H23NO2/c1-3-7-14(13-8-5-4-6-9-13)10-17-11-15(18)16(12-17)19-2/h4-9,15-16,18H,3,10-12H2,1-2H3/b14-7-/t15-,16-/m0/s1. The van der Waals surface area contributed by atoms with Gasteiger partial charge in [0, 0.05) is 26.7 Å². The first-order chi connectivity index (χ1) is 9.24. The Kier molecular flexibility index (Phi) is 5.14. The van der Waals surface area contributed by atoms with E-state index in [1.54, 1.807) is 7.11 Å². The van der Waals surface area contributed by atoms with Crippen molar-refractivity contribution < 1.29 is 9.84 Å². The number of hydrogen-bond donors (Lipinski definition) is 1. The summed E-state index contributed by atoms with van der Waals surface area (Å²) < 4.78 is 5.29. The number of aliphatic hydroxyl groups is 1. The van der Waals surface area contributed by atoms with Crippen LogP contribution in [-0.2, 0) is 4.74 Å². The molecule has 0 saturated carbocycles. The van der Waals surface area contributed by atoms with Crippen LogP contribution in [0, 0.1) is 0 Å². The highest BCUT2D eigenvalue weighted by Gasteiger charge is 2.31. The third-order valence-electron chi connectivity index (χ3n) is 3.60. The van der Waals surface area contributed by atoms with Gasteiger partial charge in [-0.3, -0.25) is 4.90 Å². The van der Waals surface area contributed by atoms with Crippen molar-refractivity contribution in [3.63, 3.8) is 0 Å². The molecule has 3 heteroatoms. The van der Waals surface area contributed by atoms with Crippen molar-refractivity contribution in [1.82, 2.24) is 4.90 Å². The summed E-state index contributed by atoms with van der Waals surface area (Å²) in [5.74, 6) is 0. The van der Waals surface area contributed by atoms with Gasteiger partial charge in [0.15, 0.2) is 0 Å². The Labute approximate surface area is 115 Å². The highest BCUT2D eigenvalue weighted by Crippen LogP contribution is 2.20. The molecular formula is C16H23NO2. The quantitative estimate of drug-likeness (QED) is 0.881. The molecular weight excluding hydrogens is 238 g/mol. The summed E-state index contributed by atoms with van der Waals surface area (Å²) in [6.07, 6.45) is 2.86. The molecule has 0 amide bonds. The largest absolute Gasteiger partial charge is 0.389 e. The third-order valence-corrected chi connectivity index (χ3v) is 3.60. The van der Waals surface area contributed by atoms with Gasteiger partial charge < -0.3 is 9.84 Å². The van der Waals surface area contributed by atoms with Gasteiger partial charge in [0.25, 0.3) is 0 Å². The van der Waals surface area contributed by atoms with Crippen molar-refractivity contribution in [2.75, 3.05) is 26.7 Å². The van der Waals surface area contributed by atoms with Crippen LogP contribution in [0.4, 0.5) is 0 Å². The molecule has 3 nitrogen and oxygen atoms in total. The van der Waals surface area contributed by atoms with E-state index in [2.05, 4.69) is 42.2 Å². The highest BCUT2D eigenvalue weighted by molar-refractivity contribution is 5.66. The van der Waals surface area contributed by atoms with Crippen LogP contribution < -0.4 is 0 Å². The van der Waals surface area contributed by atoms with E-state index in [0.717, 1.165) is 19.5 Å². The van der Waals surface area contributed by atoms with Gasteiger partial charge in [-0.1, -0.05) is 43.3 Å². The fraction of sp³-hybridized carbons (Fsp3) is 0.500. The van der Waals surface area contributed by atoms with Gasteiger partial charge in [-0.05, 0) is 17.6 Å². The molecule has 1 aromatic rings. The minimum atomic E-state index is -0.372. The first kappa shape index (κ1) is 14.3. The van der Waals surface area contributed by atoms with Crippen LogP contribution in [0.1, 0.15) is 18.9 Å². The molecule has 1 N–H and O–H groups in total. The molecule has 1 aliphatic heterocycles. The van der Waals surface area contributed by atoms with Crippen molar-refractivity contribution in [3.8, 4) is 0 Å². The van der Waals surface area contributed by atoms with Gasteiger partial charge in [-0.15, -0.1) is 0 Å². The fourth-order valence-corrected chi connectivity index (χ4v) is 2.61. The number of aliphatic hydroxyl groups excluding tert-OH is 1. The number of benzene rings is 1. The third kappa shape index (κ3) is 3.66. The predicted octanol–water partition coefficient (Wildman–Crippen LogP) is 2.17. The first-order valence-electron chi connectivity index (χ1n) is 6.92. The monoisotopic (exact) mass is 261 g/mol. The SMILES string of the molecule is CC/C=C(/CN1C[C@H](OC)[C@@H](O)C1)c1ccccc1. The summed E-state index contributed by atoms with van der Waals surface area (Å²) in [4.78, 5) is 2.26. The number of hydrogen-bond acceptors (Lipinski definition) is 3. The average Bonchev–Trinajstić information content (AvgIpc) is 2.79. The van der Waals surface area contributed by atoms with Crippen molar-refractivity contribution >= 4 is 5.57 Å². The Morgan fingerprint density at radius 3 is 2.68 bits per heavy atom. The van der Waals surface area contributed by atoms with E-state index in [0.29, 0.717) is 6.54 Å². The second-order valence-corrected chi connectivity index (χ2v) is 5.04. The van der Waals surface area contributed by atoms with Crippen molar-refractivity contribution in [2.24, 2.45) is 0 Å². The lowest BCUT2D eigenvalue weighted by molar-refractivity contribution is 0.0215. The van der Waals surface area contributed by atoms with Crippen LogP contribution in [0.5, 0.6) is 0 Å². The molecule has 0 aliphatic carbocycles. The Morgan fingerprint density at radius 1 is 1.37 bits per heavy atom. The summed E-state index contributed by atoms with van der Waals surface area (Å²) in [5, 5.41) is 9.89. The van der Waals surface area contributed by atoms with Gasteiger partial charge >= 0.3 is 0 Å². The van der Waals surface area contributed by atoms with Crippen LogP contribution in [0.25, 0.3) is 5.57 Å². The Morgan fingerprint density at radius 2 is 2.11 bits per heavy atom. The topological polar surface area (TPSA) is 32.7 Å². The summed E-state index contributed by atoms with van der Waals surface area (Å²) >= 11 is 0. The molecule has 1 aliphatic rings. The zero-order valence-electron chi connectivity index (χ0n) is 11.7. The lowest BCUT2D eigenvalue weighted by Crippen LogP contribution is -2.25. The van der Waals surface area contributed by atoms with Crippen LogP contribution in [-0.4, -0.2) is 49.0 Å². The second-order valence-electron chi connectivity index (χ2n) is 5.04. The van der Waals surface area contributed by atoms with Crippen molar-refractivity contribution in [3.05, 3.63) is 42.0 Å². The number of rotatable bonds is 5. The average molecular weight is 261 g/mol. The number of methoxy groups -OCH3 is 1. The molecule has 0 bridgehead atoms. The molecule has 1 aromatic carbocycles. The molecule has 104 valence electrons. The summed E-state index contributed by atoms with van der Waals surface area (Å²) in [5.41, 5.74) is 2.59. The molecule has 0 aromatic heterocycles. The van der Waals surface area contributed by atoms with Gasteiger partial charge in [0.1, 0.15) is 0 Å². The molecule has 1 fully saturated rings. The van der Waals surface area contributed by atoms with E-state index in [-0.39, 0.29) is 12.2 Å².